The monoisotopic (exact) mass is 731 g/mol. The van der Waals surface area contributed by atoms with Gasteiger partial charge in [-0.1, -0.05) is 115 Å². The van der Waals surface area contributed by atoms with E-state index in [1.165, 1.54) is 64.2 Å². The number of nitrogens with zero attached hydrogens (tertiary/aromatic N) is 1. The van der Waals surface area contributed by atoms with E-state index in [4.69, 9.17) is 18.5 Å². The van der Waals surface area contributed by atoms with Gasteiger partial charge >= 0.3 is 19.8 Å². The Morgan fingerprint density at radius 1 is 0.600 bits per heavy atom. The van der Waals surface area contributed by atoms with Gasteiger partial charge in [-0.2, -0.15) is 0 Å². The number of ether oxygens (including phenoxy) is 2. The second-order valence-corrected chi connectivity index (χ2v) is 16.1. The highest BCUT2D eigenvalue weighted by Crippen LogP contribution is 2.43. The summed E-state index contributed by atoms with van der Waals surface area (Å²) < 4.78 is 34.2. The third-order valence-electron chi connectivity index (χ3n) is 8.45. The zero-order valence-electron chi connectivity index (χ0n) is 32.9. The zero-order valence-corrected chi connectivity index (χ0v) is 33.8. The van der Waals surface area contributed by atoms with E-state index in [0.717, 1.165) is 70.6 Å². The molecule has 0 aliphatic carbocycles. The smallest absolute Gasteiger partial charge is 0.462 e. The van der Waals surface area contributed by atoms with Gasteiger partial charge in [-0.15, -0.1) is 0 Å². The zero-order chi connectivity index (χ0) is 37.2. The Bertz CT molecular complexity index is 918. The minimum absolute atomic E-state index is 0.0296. The lowest BCUT2D eigenvalue weighted by molar-refractivity contribution is -0.870. The van der Waals surface area contributed by atoms with Gasteiger partial charge in [0.1, 0.15) is 19.8 Å². The first-order chi connectivity index (χ1) is 24.0. The average Bonchev–Trinajstić information content (AvgIpc) is 3.06. The molecule has 9 nitrogen and oxygen atoms in total. The maximum Gasteiger partial charge on any atom is 0.472 e. The number of phosphoric acid groups is 1. The Hall–Kier alpha value is -1.51. The van der Waals surface area contributed by atoms with Crippen molar-refractivity contribution < 1.29 is 42.1 Å². The second kappa shape index (κ2) is 33.3. The van der Waals surface area contributed by atoms with Gasteiger partial charge in [0.25, 0.3) is 0 Å². The summed E-state index contributed by atoms with van der Waals surface area (Å²) in [4.78, 5) is 35.2. The molecule has 1 N–H and O–H groups in total. The van der Waals surface area contributed by atoms with Crippen LogP contribution in [0.3, 0.4) is 0 Å². The third kappa shape index (κ3) is 36.3. The molecule has 2 atom stereocenters. The van der Waals surface area contributed by atoms with Crippen LogP contribution in [-0.4, -0.2) is 74.9 Å². The molecule has 0 aromatic rings. The molecule has 294 valence electrons. The Labute approximate surface area is 307 Å². The molecule has 0 aliphatic rings. The summed E-state index contributed by atoms with van der Waals surface area (Å²) in [6.07, 6.45) is 33.6. The molecule has 0 aliphatic heterocycles. The molecule has 10 heteroatoms. The molecule has 0 saturated heterocycles. The molecule has 0 heterocycles. The van der Waals surface area contributed by atoms with Gasteiger partial charge in [-0.3, -0.25) is 18.6 Å². The third-order valence-corrected chi connectivity index (χ3v) is 9.44. The summed E-state index contributed by atoms with van der Waals surface area (Å²) in [7, 11) is 1.47. The van der Waals surface area contributed by atoms with Gasteiger partial charge in [-0.25, -0.2) is 4.57 Å². The number of quaternary nitrogens is 1. The van der Waals surface area contributed by atoms with Crippen molar-refractivity contribution in [3.8, 4) is 0 Å². The van der Waals surface area contributed by atoms with Gasteiger partial charge in [0.05, 0.1) is 27.7 Å². The Morgan fingerprint density at radius 3 is 1.52 bits per heavy atom. The van der Waals surface area contributed by atoms with Crippen LogP contribution in [0.2, 0.25) is 0 Å². The molecule has 0 amide bonds. The molecular weight excluding hydrogens is 653 g/mol. The maximum atomic E-state index is 12.6. The van der Waals surface area contributed by atoms with Gasteiger partial charge < -0.3 is 18.9 Å². The predicted octanol–water partition coefficient (Wildman–Crippen LogP) is 10.8. The van der Waals surface area contributed by atoms with Crippen molar-refractivity contribution >= 4 is 19.8 Å². The molecule has 50 heavy (non-hydrogen) atoms. The van der Waals surface area contributed by atoms with Crippen LogP contribution in [0, 0.1) is 0 Å². The van der Waals surface area contributed by atoms with E-state index in [2.05, 4.69) is 38.2 Å². The number of unbranched alkanes of at least 4 members (excludes halogenated alkanes) is 18. The first-order valence-electron chi connectivity index (χ1n) is 20.1. The number of phosphoric ester groups is 1. The summed E-state index contributed by atoms with van der Waals surface area (Å²) in [5.41, 5.74) is 0. The van der Waals surface area contributed by atoms with Crippen LogP contribution >= 0.6 is 7.82 Å². The van der Waals surface area contributed by atoms with Gasteiger partial charge in [0, 0.05) is 12.8 Å². The van der Waals surface area contributed by atoms with Crippen LogP contribution in [0.25, 0.3) is 0 Å². The minimum atomic E-state index is -4.37. The van der Waals surface area contributed by atoms with Crippen molar-refractivity contribution in [1.82, 2.24) is 0 Å². The molecule has 0 rings (SSSR count). The van der Waals surface area contributed by atoms with Crippen molar-refractivity contribution in [2.45, 2.75) is 174 Å². The SMILES string of the molecule is CCCCC/C=C\CCCCCCCC(=O)OCC(COP(=O)(O)OCC[N+](C)(C)C)OC(=O)CCCCCCC/C=C\CCCCCCC. The predicted molar refractivity (Wildman–Crippen MR) is 206 cm³/mol. The van der Waals surface area contributed by atoms with Crippen molar-refractivity contribution in [1.29, 1.82) is 0 Å². The highest BCUT2D eigenvalue weighted by molar-refractivity contribution is 7.47. The van der Waals surface area contributed by atoms with Gasteiger partial charge in [-0.05, 0) is 64.2 Å². The topological polar surface area (TPSA) is 108 Å². The fraction of sp³-hybridized carbons (Fsp3) is 0.850. The summed E-state index contributed by atoms with van der Waals surface area (Å²) in [5.74, 6) is -0.819. The van der Waals surface area contributed by atoms with Crippen LogP contribution in [0.5, 0.6) is 0 Å². The highest BCUT2D eigenvalue weighted by Gasteiger charge is 2.27. The van der Waals surface area contributed by atoms with E-state index in [-0.39, 0.29) is 32.0 Å². The second-order valence-electron chi connectivity index (χ2n) is 14.7. The van der Waals surface area contributed by atoms with E-state index < -0.39 is 26.5 Å². The van der Waals surface area contributed by atoms with E-state index in [9.17, 15) is 19.0 Å². The standard InChI is InChI=1S/C40H76NO8P/c1-6-8-10-12-14-16-18-20-21-23-25-27-29-31-33-40(43)49-38(37-48-50(44,45)47-35-34-41(3,4)5)36-46-39(42)32-30-28-26-24-22-19-17-15-13-11-9-7-2/h15,17-18,20,38H,6-14,16,19,21-37H2,1-5H3/p+1/b17-15-,20-18-. The molecule has 0 spiro atoms. The fourth-order valence-electron chi connectivity index (χ4n) is 5.24. The number of esters is 2. The number of likely N-dealkylation sites (N-methyl/N-ethyl adjacent to an activating group) is 1. The van der Waals surface area contributed by atoms with Crippen LogP contribution < -0.4 is 0 Å². The van der Waals surface area contributed by atoms with Crippen molar-refractivity contribution in [2.24, 2.45) is 0 Å². The van der Waals surface area contributed by atoms with Crippen LogP contribution in [0.4, 0.5) is 0 Å². The number of rotatable bonds is 36. The minimum Gasteiger partial charge on any atom is -0.462 e. The van der Waals surface area contributed by atoms with Gasteiger partial charge in [0.2, 0.25) is 0 Å². The van der Waals surface area contributed by atoms with E-state index in [1.54, 1.807) is 0 Å². The van der Waals surface area contributed by atoms with Crippen molar-refractivity contribution in [3.63, 3.8) is 0 Å². The molecule has 0 aromatic carbocycles. The molecule has 0 aromatic heterocycles. The molecule has 0 fully saturated rings. The summed E-state index contributed by atoms with van der Waals surface area (Å²) in [6, 6.07) is 0. The van der Waals surface area contributed by atoms with E-state index >= 15 is 0 Å². The molecule has 0 radical (unpaired) electrons. The molecule has 2 unspecified atom stereocenters. The Morgan fingerprint density at radius 2 is 1.02 bits per heavy atom. The molecular formula is C40H77NO8P+. The first-order valence-corrected chi connectivity index (χ1v) is 21.6. The van der Waals surface area contributed by atoms with Crippen LogP contribution in [0.1, 0.15) is 168 Å². The Balaban J connectivity index is 4.44. The summed E-state index contributed by atoms with van der Waals surface area (Å²) >= 11 is 0. The lowest BCUT2D eigenvalue weighted by atomic mass is 10.1. The maximum absolute atomic E-state index is 12.6. The van der Waals surface area contributed by atoms with Crippen molar-refractivity contribution in [2.75, 3.05) is 47.5 Å². The number of hydrogen-bond acceptors (Lipinski definition) is 7. The number of allylic oxidation sites excluding steroid dienone is 4. The largest absolute Gasteiger partial charge is 0.472 e. The highest BCUT2D eigenvalue weighted by atomic mass is 31.2. The summed E-state index contributed by atoms with van der Waals surface area (Å²) in [5, 5.41) is 0. The number of carbonyl (C=O) groups excluding carboxylic acids is 2. The van der Waals surface area contributed by atoms with Crippen LogP contribution in [0.15, 0.2) is 24.3 Å². The van der Waals surface area contributed by atoms with Crippen molar-refractivity contribution in [3.05, 3.63) is 24.3 Å². The number of carbonyl (C=O) groups is 2. The van der Waals surface area contributed by atoms with Gasteiger partial charge in [0.15, 0.2) is 6.10 Å². The Kier molecular flexibility index (Phi) is 32.3. The lowest BCUT2D eigenvalue weighted by Crippen LogP contribution is -2.37. The quantitative estimate of drug-likeness (QED) is 0.0223. The van der Waals surface area contributed by atoms with E-state index in [0.29, 0.717) is 17.4 Å². The van der Waals surface area contributed by atoms with E-state index in [1.807, 2.05) is 21.1 Å². The number of hydrogen-bond donors (Lipinski definition) is 1. The average molecular weight is 731 g/mol. The fourth-order valence-corrected chi connectivity index (χ4v) is 5.98. The molecule has 0 saturated carbocycles. The summed E-state index contributed by atoms with van der Waals surface area (Å²) in [6.45, 7) is 4.36. The normalized spacial score (nSPS) is 14.0. The lowest BCUT2D eigenvalue weighted by Gasteiger charge is -2.24. The van der Waals surface area contributed by atoms with Crippen LogP contribution in [-0.2, 0) is 32.7 Å². The molecule has 0 bridgehead atoms. The first kappa shape index (κ1) is 48.5.